The van der Waals surface area contributed by atoms with E-state index in [9.17, 15) is 4.79 Å². The third kappa shape index (κ3) is 1.97. The van der Waals surface area contributed by atoms with Gasteiger partial charge in [0.1, 0.15) is 11.4 Å². The topological polar surface area (TPSA) is 59.9 Å². The molecule has 5 nitrogen and oxygen atoms in total. The average Bonchev–Trinajstić information content (AvgIpc) is 2.95. The molecule has 102 valence electrons. The van der Waals surface area contributed by atoms with Gasteiger partial charge in [-0.1, -0.05) is 18.2 Å². The third-order valence-corrected chi connectivity index (χ3v) is 3.39. The normalized spacial score (nSPS) is 10.9. The van der Waals surface area contributed by atoms with Crippen LogP contribution >= 0.6 is 0 Å². The van der Waals surface area contributed by atoms with Gasteiger partial charge in [-0.3, -0.25) is 4.68 Å². The maximum absolute atomic E-state index is 12.2. The number of benzene rings is 1. The number of H-pyrrole nitrogens is 1. The van der Waals surface area contributed by atoms with E-state index in [0.717, 1.165) is 16.6 Å². The Morgan fingerprint density at radius 2 is 2.05 bits per heavy atom. The molecule has 5 heteroatoms. The maximum atomic E-state index is 12.2. The molecule has 1 N–H and O–H groups in total. The van der Waals surface area contributed by atoms with Gasteiger partial charge in [0.05, 0.1) is 5.69 Å². The van der Waals surface area contributed by atoms with Crippen LogP contribution in [0.25, 0.3) is 10.9 Å². The molecular weight excluding hydrogens is 254 g/mol. The molecule has 2 aromatic heterocycles. The van der Waals surface area contributed by atoms with Gasteiger partial charge < -0.3 is 9.72 Å². The highest BCUT2D eigenvalue weighted by Crippen LogP contribution is 2.23. The fraction of sp³-hybridized carbons (Fsp3) is 0.200. The molecule has 0 radical (unpaired) electrons. The van der Waals surface area contributed by atoms with E-state index in [-0.39, 0.29) is 0 Å². The smallest absolute Gasteiger partial charge is 0.360 e. The van der Waals surface area contributed by atoms with Crippen LogP contribution in [-0.4, -0.2) is 20.7 Å². The van der Waals surface area contributed by atoms with Crippen molar-refractivity contribution in [3.05, 3.63) is 47.4 Å². The van der Waals surface area contributed by atoms with Crippen LogP contribution in [0.2, 0.25) is 0 Å². The molecule has 20 heavy (non-hydrogen) atoms. The summed E-state index contributed by atoms with van der Waals surface area (Å²) in [5.41, 5.74) is 2.88. The zero-order valence-corrected chi connectivity index (χ0v) is 11.6. The second-order valence-electron chi connectivity index (χ2n) is 4.78. The molecule has 0 fully saturated rings. The van der Waals surface area contributed by atoms with Crippen LogP contribution in [0.1, 0.15) is 21.9 Å². The predicted molar refractivity (Wildman–Crippen MR) is 75.9 cm³/mol. The number of aryl methyl sites for hydroxylation is 2. The summed E-state index contributed by atoms with van der Waals surface area (Å²) < 4.78 is 7.16. The fourth-order valence-electron chi connectivity index (χ4n) is 2.23. The first-order valence-electron chi connectivity index (χ1n) is 6.36. The lowest BCUT2D eigenvalue weighted by Crippen LogP contribution is -2.10. The first kappa shape index (κ1) is 12.5. The van der Waals surface area contributed by atoms with Gasteiger partial charge in [0.2, 0.25) is 0 Å². The molecule has 0 saturated heterocycles. The monoisotopic (exact) mass is 269 g/mol. The van der Waals surface area contributed by atoms with Crippen molar-refractivity contribution in [1.82, 2.24) is 14.8 Å². The summed E-state index contributed by atoms with van der Waals surface area (Å²) in [5.74, 6) is 0.122. The molecule has 0 aliphatic heterocycles. The molecule has 0 aliphatic rings. The van der Waals surface area contributed by atoms with Crippen LogP contribution in [0.5, 0.6) is 5.75 Å². The third-order valence-electron chi connectivity index (χ3n) is 3.39. The largest absolute Gasteiger partial charge is 0.418 e. The average molecular weight is 269 g/mol. The van der Waals surface area contributed by atoms with Crippen molar-refractivity contribution in [1.29, 1.82) is 0 Å². The van der Waals surface area contributed by atoms with Gasteiger partial charge in [0, 0.05) is 18.0 Å². The van der Waals surface area contributed by atoms with Crippen LogP contribution < -0.4 is 4.74 Å². The number of ether oxygens (including phenoxy) is 1. The van der Waals surface area contributed by atoms with Crippen molar-refractivity contribution in [3.8, 4) is 5.75 Å². The lowest BCUT2D eigenvalue weighted by molar-refractivity contribution is 0.0727. The Bertz CT molecular complexity index is 766. The number of hydrogen-bond donors (Lipinski definition) is 1. The molecule has 0 aliphatic carbocycles. The summed E-state index contributed by atoms with van der Waals surface area (Å²) in [6, 6.07) is 9.51. The van der Waals surface area contributed by atoms with E-state index in [1.165, 1.54) is 0 Å². The molecule has 0 spiro atoms. The Balaban J connectivity index is 1.93. The van der Waals surface area contributed by atoms with Gasteiger partial charge >= 0.3 is 5.97 Å². The van der Waals surface area contributed by atoms with E-state index in [1.807, 2.05) is 45.2 Å². The van der Waals surface area contributed by atoms with Gasteiger partial charge in [0.15, 0.2) is 5.75 Å². The van der Waals surface area contributed by atoms with Crippen molar-refractivity contribution in [2.45, 2.75) is 13.8 Å². The molecule has 3 rings (SSSR count). The lowest BCUT2D eigenvalue weighted by atomic mass is 10.2. The summed E-state index contributed by atoms with van der Waals surface area (Å²) in [5, 5.41) is 5.21. The van der Waals surface area contributed by atoms with Crippen LogP contribution in [0.15, 0.2) is 30.3 Å². The van der Waals surface area contributed by atoms with E-state index < -0.39 is 5.97 Å². The number of para-hydroxylation sites is 1. The summed E-state index contributed by atoms with van der Waals surface area (Å²) >= 11 is 0. The second-order valence-corrected chi connectivity index (χ2v) is 4.78. The second kappa shape index (κ2) is 4.52. The van der Waals surface area contributed by atoms with Crippen molar-refractivity contribution in [2.24, 2.45) is 7.05 Å². The number of aromatic nitrogens is 3. The summed E-state index contributed by atoms with van der Waals surface area (Å²) in [7, 11) is 1.82. The quantitative estimate of drug-likeness (QED) is 0.728. The molecule has 2 heterocycles. The van der Waals surface area contributed by atoms with Crippen molar-refractivity contribution < 1.29 is 9.53 Å². The highest BCUT2D eigenvalue weighted by Gasteiger charge is 2.17. The highest BCUT2D eigenvalue weighted by atomic mass is 16.5. The minimum Gasteiger partial charge on any atom is -0.418 e. The maximum Gasteiger partial charge on any atom is 0.360 e. The highest BCUT2D eigenvalue weighted by molar-refractivity contribution is 5.95. The summed E-state index contributed by atoms with van der Waals surface area (Å²) in [4.78, 5) is 15.3. The van der Waals surface area contributed by atoms with Crippen LogP contribution in [0, 0.1) is 13.8 Å². The number of esters is 1. The zero-order valence-electron chi connectivity index (χ0n) is 11.6. The molecular formula is C15H15N3O2. The predicted octanol–water partition coefficient (Wildman–Crippen LogP) is 2.74. The number of rotatable bonds is 2. The number of fused-ring (bicyclic) bond motifs is 1. The number of hydrogen-bond acceptors (Lipinski definition) is 3. The molecule has 0 unspecified atom stereocenters. The first-order valence-corrected chi connectivity index (χ1v) is 6.36. The Morgan fingerprint density at radius 1 is 1.30 bits per heavy atom. The minimum absolute atomic E-state index is 0.402. The number of nitrogens with zero attached hydrogens (tertiary/aromatic N) is 2. The Kier molecular flexibility index (Phi) is 2.82. The number of carbonyl (C=O) groups is 1. The zero-order chi connectivity index (χ0) is 14.3. The van der Waals surface area contributed by atoms with Crippen LogP contribution in [-0.2, 0) is 7.05 Å². The molecule has 0 saturated carbocycles. The standard InChI is InChI=1S/C15H15N3O2/c1-9-14(10(2)18(3)17-9)20-15(19)13-8-11-6-4-5-7-12(11)16-13/h4-8,16H,1-3H3. The molecule has 0 bridgehead atoms. The Labute approximate surface area is 116 Å². The number of carbonyl (C=O) groups excluding carboxylic acids is 1. The number of aromatic amines is 1. The van der Waals surface area contributed by atoms with Gasteiger partial charge in [-0.25, -0.2) is 4.79 Å². The van der Waals surface area contributed by atoms with E-state index >= 15 is 0 Å². The molecule has 3 aromatic rings. The summed E-state index contributed by atoms with van der Waals surface area (Å²) in [6.45, 7) is 3.69. The van der Waals surface area contributed by atoms with E-state index in [1.54, 1.807) is 10.7 Å². The first-order chi connectivity index (χ1) is 9.56. The van der Waals surface area contributed by atoms with Gasteiger partial charge in [0.25, 0.3) is 0 Å². The summed E-state index contributed by atoms with van der Waals surface area (Å²) in [6.07, 6.45) is 0. The van der Waals surface area contributed by atoms with E-state index in [4.69, 9.17) is 4.74 Å². The fourth-order valence-corrected chi connectivity index (χ4v) is 2.23. The molecule has 0 atom stereocenters. The van der Waals surface area contributed by atoms with Gasteiger partial charge in [-0.05, 0) is 26.0 Å². The Hall–Kier alpha value is -2.56. The van der Waals surface area contributed by atoms with Crippen molar-refractivity contribution in [2.75, 3.05) is 0 Å². The van der Waals surface area contributed by atoms with Crippen molar-refractivity contribution in [3.63, 3.8) is 0 Å². The SMILES string of the molecule is Cc1nn(C)c(C)c1OC(=O)c1cc2ccccc2[nH]1. The van der Waals surface area contributed by atoms with Crippen LogP contribution in [0.3, 0.4) is 0 Å². The van der Waals surface area contributed by atoms with Gasteiger partial charge in [-0.2, -0.15) is 5.10 Å². The van der Waals surface area contributed by atoms with E-state index in [2.05, 4.69) is 10.1 Å². The van der Waals surface area contributed by atoms with E-state index in [0.29, 0.717) is 17.1 Å². The van der Waals surface area contributed by atoms with Crippen molar-refractivity contribution >= 4 is 16.9 Å². The Morgan fingerprint density at radius 3 is 2.70 bits per heavy atom. The van der Waals surface area contributed by atoms with Gasteiger partial charge in [-0.15, -0.1) is 0 Å². The molecule has 0 amide bonds. The minimum atomic E-state index is -0.402. The molecule has 1 aromatic carbocycles. The van der Waals surface area contributed by atoms with Crippen LogP contribution in [0.4, 0.5) is 0 Å². The number of nitrogens with one attached hydrogen (secondary N) is 1. The lowest BCUT2D eigenvalue weighted by Gasteiger charge is -2.02.